The van der Waals surface area contributed by atoms with E-state index >= 15 is 0 Å². The molecule has 0 fully saturated rings. The van der Waals surface area contributed by atoms with Crippen molar-refractivity contribution in [2.45, 2.75) is 32.6 Å². The molecule has 1 aliphatic rings. The third-order valence-electron chi connectivity index (χ3n) is 2.66. The minimum absolute atomic E-state index is 0.101. The highest BCUT2D eigenvalue weighted by atomic mass is 16.4. The van der Waals surface area contributed by atoms with Crippen molar-refractivity contribution in [1.82, 2.24) is 0 Å². The number of aliphatic carboxylic acids is 1. The molecule has 3 heteroatoms. The molecule has 0 spiro atoms. The van der Waals surface area contributed by atoms with Gasteiger partial charge in [0.2, 0.25) is 0 Å². The fraction of sp³-hybridized carbons (Fsp3) is 0.636. The van der Waals surface area contributed by atoms with Gasteiger partial charge in [-0.1, -0.05) is 19.1 Å². The van der Waals surface area contributed by atoms with Gasteiger partial charge < -0.3 is 5.11 Å². The second kappa shape index (κ2) is 4.94. The molecule has 0 radical (unpaired) electrons. The van der Waals surface area contributed by atoms with Crippen molar-refractivity contribution in [3.05, 3.63) is 12.2 Å². The molecule has 3 nitrogen and oxygen atoms in total. The van der Waals surface area contributed by atoms with Gasteiger partial charge in [0.25, 0.3) is 0 Å². The van der Waals surface area contributed by atoms with Crippen LogP contribution in [-0.4, -0.2) is 16.9 Å². The summed E-state index contributed by atoms with van der Waals surface area (Å²) in [7, 11) is 0. The van der Waals surface area contributed by atoms with Crippen LogP contribution in [0.4, 0.5) is 0 Å². The van der Waals surface area contributed by atoms with Gasteiger partial charge in [-0.3, -0.25) is 9.59 Å². The lowest BCUT2D eigenvalue weighted by Gasteiger charge is -2.23. The van der Waals surface area contributed by atoms with Crippen LogP contribution in [0.2, 0.25) is 0 Å². The Kier molecular flexibility index (Phi) is 3.86. The quantitative estimate of drug-likeness (QED) is 0.700. The fourth-order valence-corrected chi connectivity index (χ4v) is 1.87. The number of hydrogen-bond donors (Lipinski definition) is 1. The second-order valence-corrected chi connectivity index (χ2v) is 3.71. The fourth-order valence-electron chi connectivity index (χ4n) is 1.87. The van der Waals surface area contributed by atoms with E-state index in [4.69, 9.17) is 5.11 Å². The van der Waals surface area contributed by atoms with E-state index in [1.807, 2.05) is 19.1 Å². The Morgan fingerprint density at radius 1 is 1.29 bits per heavy atom. The topological polar surface area (TPSA) is 54.4 Å². The van der Waals surface area contributed by atoms with Gasteiger partial charge in [-0.2, -0.15) is 0 Å². The lowest BCUT2D eigenvalue weighted by atomic mass is 9.79. The van der Waals surface area contributed by atoms with Crippen molar-refractivity contribution in [3.63, 3.8) is 0 Å². The molecule has 0 aromatic rings. The smallest absolute Gasteiger partial charge is 0.307 e. The van der Waals surface area contributed by atoms with Crippen molar-refractivity contribution in [1.29, 1.82) is 0 Å². The van der Waals surface area contributed by atoms with E-state index in [0.29, 0.717) is 19.3 Å². The van der Waals surface area contributed by atoms with E-state index in [1.54, 1.807) is 0 Å². The number of rotatable bonds is 4. The van der Waals surface area contributed by atoms with Crippen LogP contribution in [0.3, 0.4) is 0 Å². The summed E-state index contributed by atoms with van der Waals surface area (Å²) in [6.45, 7) is 1.94. The van der Waals surface area contributed by atoms with Crippen LogP contribution < -0.4 is 0 Å². The average molecular weight is 196 g/mol. The molecule has 2 atom stereocenters. The zero-order valence-corrected chi connectivity index (χ0v) is 8.40. The van der Waals surface area contributed by atoms with Gasteiger partial charge in [-0.15, -0.1) is 0 Å². The molecular weight excluding hydrogens is 180 g/mol. The first-order chi connectivity index (χ1) is 6.66. The van der Waals surface area contributed by atoms with Crippen molar-refractivity contribution >= 4 is 11.8 Å². The molecule has 0 aromatic heterocycles. The standard InChI is InChI=1S/C11H16O3/c1-2-5-10(12)8-6-3-4-7-9(8)11(13)14/h3-4,8-9H,2,5-7H2,1H3,(H,13,14). The van der Waals surface area contributed by atoms with E-state index in [9.17, 15) is 9.59 Å². The lowest BCUT2D eigenvalue weighted by Crippen LogP contribution is -2.30. The maximum absolute atomic E-state index is 11.6. The molecule has 1 rings (SSSR count). The maximum Gasteiger partial charge on any atom is 0.307 e. The van der Waals surface area contributed by atoms with Crippen LogP contribution in [0.15, 0.2) is 12.2 Å². The first-order valence-electron chi connectivity index (χ1n) is 5.07. The largest absolute Gasteiger partial charge is 0.481 e. The van der Waals surface area contributed by atoms with Gasteiger partial charge in [0.15, 0.2) is 0 Å². The first-order valence-corrected chi connectivity index (χ1v) is 5.07. The van der Waals surface area contributed by atoms with Gasteiger partial charge in [0.1, 0.15) is 5.78 Å². The molecule has 0 saturated heterocycles. The van der Waals surface area contributed by atoms with Crippen LogP contribution in [0.25, 0.3) is 0 Å². The highest BCUT2D eigenvalue weighted by Gasteiger charge is 2.32. The van der Waals surface area contributed by atoms with Crippen molar-refractivity contribution in [2.24, 2.45) is 11.8 Å². The summed E-state index contributed by atoms with van der Waals surface area (Å²) in [6.07, 6.45) is 6.16. The van der Waals surface area contributed by atoms with Crippen LogP contribution in [0, 0.1) is 11.8 Å². The number of carbonyl (C=O) groups excluding carboxylic acids is 1. The number of carboxylic acid groups (broad SMARTS) is 1. The van der Waals surface area contributed by atoms with E-state index in [1.165, 1.54) is 0 Å². The van der Waals surface area contributed by atoms with Crippen molar-refractivity contribution in [3.8, 4) is 0 Å². The Morgan fingerprint density at radius 2 is 1.86 bits per heavy atom. The van der Waals surface area contributed by atoms with Crippen LogP contribution >= 0.6 is 0 Å². The Labute approximate surface area is 83.8 Å². The minimum Gasteiger partial charge on any atom is -0.481 e. The summed E-state index contributed by atoms with van der Waals surface area (Å²) in [6, 6.07) is 0. The number of hydrogen-bond acceptors (Lipinski definition) is 2. The van der Waals surface area contributed by atoms with Crippen LogP contribution in [0.1, 0.15) is 32.6 Å². The molecule has 2 unspecified atom stereocenters. The van der Waals surface area contributed by atoms with Crippen LogP contribution in [0.5, 0.6) is 0 Å². The number of carbonyl (C=O) groups is 2. The van der Waals surface area contributed by atoms with E-state index < -0.39 is 11.9 Å². The lowest BCUT2D eigenvalue weighted by molar-refractivity contribution is -0.146. The van der Waals surface area contributed by atoms with Gasteiger partial charge >= 0.3 is 5.97 Å². The number of allylic oxidation sites excluding steroid dienone is 2. The Balaban J connectivity index is 2.69. The predicted octanol–water partition coefficient (Wildman–Crippen LogP) is 2.02. The molecule has 78 valence electrons. The van der Waals surface area contributed by atoms with Gasteiger partial charge in [-0.25, -0.2) is 0 Å². The van der Waals surface area contributed by atoms with Crippen LogP contribution in [-0.2, 0) is 9.59 Å². The molecular formula is C11H16O3. The monoisotopic (exact) mass is 196 g/mol. The highest BCUT2D eigenvalue weighted by molar-refractivity contribution is 5.86. The third-order valence-corrected chi connectivity index (χ3v) is 2.66. The summed E-state index contributed by atoms with van der Waals surface area (Å²) in [5, 5.41) is 8.94. The highest BCUT2D eigenvalue weighted by Crippen LogP contribution is 2.27. The molecule has 1 aliphatic carbocycles. The maximum atomic E-state index is 11.6. The normalized spacial score (nSPS) is 26.1. The van der Waals surface area contributed by atoms with E-state index in [-0.39, 0.29) is 11.7 Å². The Morgan fingerprint density at radius 3 is 2.36 bits per heavy atom. The molecule has 0 aliphatic heterocycles. The van der Waals surface area contributed by atoms with Gasteiger partial charge in [0, 0.05) is 12.3 Å². The summed E-state index contributed by atoms with van der Waals surface area (Å²) >= 11 is 0. The first kappa shape index (κ1) is 11.0. The zero-order chi connectivity index (χ0) is 10.6. The minimum atomic E-state index is -0.844. The third kappa shape index (κ3) is 2.44. The Hall–Kier alpha value is -1.12. The number of carboxylic acids is 1. The second-order valence-electron chi connectivity index (χ2n) is 3.71. The summed E-state index contributed by atoms with van der Waals surface area (Å²) in [4.78, 5) is 22.5. The SMILES string of the molecule is CCCC(=O)C1CC=CCC1C(=O)O. The number of Topliss-reactive ketones (excluding diaryl/α,β-unsaturated/α-hetero) is 1. The molecule has 0 bridgehead atoms. The molecule has 0 aromatic carbocycles. The number of ketones is 1. The molecule has 14 heavy (non-hydrogen) atoms. The summed E-state index contributed by atoms with van der Waals surface area (Å²) < 4.78 is 0. The molecule has 0 amide bonds. The predicted molar refractivity (Wildman–Crippen MR) is 52.9 cm³/mol. The molecule has 0 heterocycles. The molecule has 1 N–H and O–H groups in total. The average Bonchev–Trinajstić information content (AvgIpc) is 2.18. The Bertz CT molecular complexity index is 255. The van der Waals surface area contributed by atoms with E-state index in [0.717, 1.165) is 6.42 Å². The van der Waals surface area contributed by atoms with Gasteiger partial charge in [0.05, 0.1) is 5.92 Å². The molecule has 0 saturated carbocycles. The van der Waals surface area contributed by atoms with Gasteiger partial charge in [-0.05, 0) is 19.3 Å². The van der Waals surface area contributed by atoms with E-state index in [2.05, 4.69) is 0 Å². The zero-order valence-electron chi connectivity index (χ0n) is 8.40. The summed E-state index contributed by atoms with van der Waals surface area (Å²) in [5.74, 6) is -1.54. The summed E-state index contributed by atoms with van der Waals surface area (Å²) in [5.41, 5.74) is 0. The van der Waals surface area contributed by atoms with Crippen molar-refractivity contribution < 1.29 is 14.7 Å². The van der Waals surface area contributed by atoms with Crippen molar-refractivity contribution in [2.75, 3.05) is 0 Å².